The third-order valence-corrected chi connectivity index (χ3v) is 6.22. The molecule has 0 amide bonds. The summed E-state index contributed by atoms with van der Waals surface area (Å²) in [5.74, 6) is 1.81. The number of hydrogen-bond donors (Lipinski definition) is 0. The topological polar surface area (TPSA) is 24.9 Å². The van der Waals surface area contributed by atoms with Crippen LogP contribution < -0.4 is 0 Å². The highest BCUT2D eigenvalue weighted by Gasteiger charge is 2.24. The van der Waals surface area contributed by atoms with Crippen LogP contribution in [0.5, 0.6) is 0 Å². The van der Waals surface area contributed by atoms with E-state index in [2.05, 4.69) is 30.7 Å². The molecule has 24 heavy (non-hydrogen) atoms. The molecule has 142 valence electrons. The molecule has 0 unspecified atom stereocenters. The molecule has 0 atom stereocenters. The number of nitrogens with zero attached hydrogens (tertiary/aromatic N) is 2. The molecule has 4 heteroatoms. The van der Waals surface area contributed by atoms with E-state index in [9.17, 15) is 0 Å². The van der Waals surface area contributed by atoms with E-state index in [-0.39, 0.29) is 0 Å². The van der Waals surface area contributed by atoms with Gasteiger partial charge in [0.15, 0.2) is 0 Å². The molecule has 2 saturated carbocycles. The highest BCUT2D eigenvalue weighted by Crippen LogP contribution is 2.27. The van der Waals surface area contributed by atoms with Crippen LogP contribution in [0.4, 0.5) is 0 Å². The van der Waals surface area contributed by atoms with Gasteiger partial charge in [-0.05, 0) is 70.3 Å². The number of methoxy groups -OCH3 is 1. The molecule has 0 heterocycles. The van der Waals surface area contributed by atoms with E-state index in [0.29, 0.717) is 6.04 Å². The monoisotopic (exact) mass is 340 g/mol. The predicted molar refractivity (Wildman–Crippen MR) is 100 cm³/mol. The van der Waals surface area contributed by atoms with Crippen molar-refractivity contribution in [1.82, 2.24) is 9.80 Å². The molecule has 0 bridgehead atoms. The first-order valence-corrected chi connectivity index (χ1v) is 10.1. The zero-order chi connectivity index (χ0) is 17.4. The highest BCUT2D eigenvalue weighted by molar-refractivity contribution is 4.77. The van der Waals surface area contributed by atoms with Gasteiger partial charge in [-0.3, -0.25) is 9.80 Å². The summed E-state index contributed by atoms with van der Waals surface area (Å²) in [6, 6.07) is 1.40. The quantitative estimate of drug-likeness (QED) is 0.468. The maximum atomic E-state index is 5.99. The molecule has 0 N–H and O–H groups in total. The summed E-state index contributed by atoms with van der Waals surface area (Å²) in [6.07, 6.45) is 10.7. The van der Waals surface area contributed by atoms with Crippen molar-refractivity contribution in [1.29, 1.82) is 0 Å². The normalized spacial score (nSPS) is 31.8. The Labute approximate surface area is 149 Å². The maximum Gasteiger partial charge on any atom is 0.0990 e. The van der Waals surface area contributed by atoms with Gasteiger partial charge in [0, 0.05) is 25.7 Å². The van der Waals surface area contributed by atoms with E-state index in [1.54, 1.807) is 7.11 Å². The van der Waals surface area contributed by atoms with Crippen molar-refractivity contribution in [3.63, 3.8) is 0 Å². The van der Waals surface area contributed by atoms with Gasteiger partial charge in [0.1, 0.15) is 0 Å². The first-order valence-electron chi connectivity index (χ1n) is 10.1. The molecule has 0 aromatic rings. The van der Waals surface area contributed by atoms with Gasteiger partial charge in [0.25, 0.3) is 0 Å². The van der Waals surface area contributed by atoms with Crippen molar-refractivity contribution in [2.75, 3.05) is 40.8 Å². The summed E-state index contributed by atoms with van der Waals surface area (Å²) in [5.41, 5.74) is 0. The van der Waals surface area contributed by atoms with Crippen LogP contribution in [0.25, 0.3) is 0 Å². The minimum atomic E-state index is 0.683. The number of hydrogen-bond acceptors (Lipinski definition) is 4. The lowest BCUT2D eigenvalue weighted by Gasteiger charge is -2.36. The van der Waals surface area contributed by atoms with Crippen LogP contribution in [0.3, 0.4) is 0 Å². The number of rotatable bonds is 9. The van der Waals surface area contributed by atoms with Gasteiger partial charge in [-0.2, -0.15) is 0 Å². The Morgan fingerprint density at radius 1 is 0.792 bits per heavy atom. The second-order valence-corrected chi connectivity index (χ2v) is 8.35. The molecule has 0 aromatic heterocycles. The molecule has 0 aromatic carbocycles. The fraction of sp³-hybridized carbons (Fsp3) is 1.00. The van der Waals surface area contributed by atoms with E-state index in [1.165, 1.54) is 51.4 Å². The maximum absolute atomic E-state index is 5.99. The predicted octanol–water partition coefficient (Wildman–Crippen LogP) is 3.96. The van der Waals surface area contributed by atoms with Crippen molar-refractivity contribution in [3.05, 3.63) is 0 Å². The summed E-state index contributed by atoms with van der Waals surface area (Å²) < 4.78 is 11.4. The van der Waals surface area contributed by atoms with Crippen molar-refractivity contribution >= 4 is 0 Å². The minimum Gasteiger partial charge on any atom is -0.369 e. The van der Waals surface area contributed by atoms with E-state index >= 15 is 0 Å². The van der Waals surface area contributed by atoms with Crippen LogP contribution in [-0.4, -0.2) is 62.7 Å². The summed E-state index contributed by atoms with van der Waals surface area (Å²) in [6.45, 7) is 8.05. The van der Waals surface area contributed by atoms with E-state index in [4.69, 9.17) is 9.47 Å². The highest BCUT2D eigenvalue weighted by atomic mass is 16.5. The Balaban J connectivity index is 1.63. The average molecular weight is 341 g/mol. The first-order chi connectivity index (χ1) is 11.6. The third kappa shape index (κ3) is 6.62. The Kier molecular flexibility index (Phi) is 9.02. The molecule has 2 rings (SSSR count). The summed E-state index contributed by atoms with van der Waals surface area (Å²) >= 11 is 0. The Bertz CT molecular complexity index is 324. The molecule has 0 radical (unpaired) electrons. The summed E-state index contributed by atoms with van der Waals surface area (Å²) in [5, 5.41) is 0. The van der Waals surface area contributed by atoms with E-state index in [0.717, 1.165) is 44.5 Å². The van der Waals surface area contributed by atoms with Gasteiger partial charge in [-0.25, -0.2) is 0 Å². The molecular weight excluding hydrogens is 300 g/mol. The van der Waals surface area contributed by atoms with E-state index < -0.39 is 0 Å². The van der Waals surface area contributed by atoms with Crippen LogP contribution in [0, 0.1) is 11.8 Å². The Hall–Kier alpha value is -0.160. The van der Waals surface area contributed by atoms with Gasteiger partial charge in [-0.15, -0.1) is 0 Å². The molecule has 4 nitrogen and oxygen atoms in total. The molecule has 0 aliphatic heterocycles. The minimum absolute atomic E-state index is 0.683. The molecule has 2 fully saturated rings. The Morgan fingerprint density at radius 2 is 1.33 bits per heavy atom. The third-order valence-electron chi connectivity index (χ3n) is 6.22. The Morgan fingerprint density at radius 3 is 1.88 bits per heavy atom. The molecule has 0 spiro atoms. The lowest BCUT2D eigenvalue weighted by molar-refractivity contribution is -0.0301. The van der Waals surface area contributed by atoms with Crippen LogP contribution in [0.15, 0.2) is 0 Å². The first kappa shape index (κ1) is 20.2. The molecule has 2 aliphatic rings. The fourth-order valence-corrected chi connectivity index (χ4v) is 4.31. The SMILES string of the molecule is COCN(CCOCN(C)C1CCC(C)CC1)C1CCC(C)CC1. The second-order valence-electron chi connectivity index (χ2n) is 8.35. The van der Waals surface area contributed by atoms with Gasteiger partial charge in [0.2, 0.25) is 0 Å². The van der Waals surface area contributed by atoms with Crippen molar-refractivity contribution in [2.45, 2.75) is 77.3 Å². The van der Waals surface area contributed by atoms with Crippen LogP contribution >= 0.6 is 0 Å². The average Bonchev–Trinajstić information content (AvgIpc) is 2.59. The van der Waals surface area contributed by atoms with Crippen LogP contribution in [0.2, 0.25) is 0 Å². The lowest BCUT2D eigenvalue weighted by Crippen LogP contribution is -2.42. The van der Waals surface area contributed by atoms with Crippen LogP contribution in [0.1, 0.15) is 65.2 Å². The summed E-state index contributed by atoms with van der Waals surface area (Å²) in [4.78, 5) is 4.89. The molecular formula is C20H40N2O2. The van der Waals surface area contributed by atoms with Crippen molar-refractivity contribution in [2.24, 2.45) is 11.8 Å². The fourth-order valence-electron chi connectivity index (χ4n) is 4.31. The van der Waals surface area contributed by atoms with Crippen LogP contribution in [-0.2, 0) is 9.47 Å². The van der Waals surface area contributed by atoms with Gasteiger partial charge in [-0.1, -0.05) is 13.8 Å². The molecule has 2 aliphatic carbocycles. The van der Waals surface area contributed by atoms with Crippen molar-refractivity contribution in [3.8, 4) is 0 Å². The van der Waals surface area contributed by atoms with E-state index in [1.807, 2.05) is 0 Å². The standard InChI is InChI=1S/C20H40N2O2/c1-17-5-9-19(10-6-17)21(3)15-24-14-13-22(16-23-4)20-11-7-18(2)8-12-20/h17-20H,5-16H2,1-4H3. The largest absolute Gasteiger partial charge is 0.369 e. The lowest BCUT2D eigenvalue weighted by atomic mass is 9.87. The summed E-state index contributed by atoms with van der Waals surface area (Å²) in [7, 11) is 4.02. The van der Waals surface area contributed by atoms with Gasteiger partial charge >= 0.3 is 0 Å². The zero-order valence-electron chi connectivity index (χ0n) is 16.5. The number of ether oxygens (including phenoxy) is 2. The smallest absolute Gasteiger partial charge is 0.0990 e. The van der Waals surface area contributed by atoms with Crippen molar-refractivity contribution < 1.29 is 9.47 Å². The zero-order valence-corrected chi connectivity index (χ0v) is 16.5. The second kappa shape index (κ2) is 10.7. The molecule has 0 saturated heterocycles. The van der Waals surface area contributed by atoms with Gasteiger partial charge < -0.3 is 9.47 Å². The van der Waals surface area contributed by atoms with Gasteiger partial charge in [0.05, 0.1) is 20.1 Å².